The molecular weight excluding hydrogens is 276 g/mol. The number of hydrogen-bond donors (Lipinski definition) is 1. The summed E-state index contributed by atoms with van der Waals surface area (Å²) in [5.74, 6) is -0.607. The van der Waals surface area contributed by atoms with E-state index in [-0.39, 0.29) is 11.8 Å². The standard InChI is InChI=1S/C15H11ClN2O2/c1-18-14(19)12(9-4-6-10(16)7-5-9)13(15(18)20)11-3-2-8-17-11/h2-8,17H,1H3. The number of rotatable bonds is 2. The summed E-state index contributed by atoms with van der Waals surface area (Å²) in [7, 11) is 1.48. The van der Waals surface area contributed by atoms with E-state index in [1.165, 1.54) is 7.05 Å². The molecule has 0 aliphatic carbocycles. The third-order valence-corrected chi connectivity index (χ3v) is 3.54. The number of hydrogen-bond acceptors (Lipinski definition) is 2. The van der Waals surface area contributed by atoms with Gasteiger partial charge in [0.05, 0.1) is 16.8 Å². The molecule has 2 aromatic rings. The van der Waals surface area contributed by atoms with Gasteiger partial charge in [-0.05, 0) is 29.8 Å². The molecule has 0 radical (unpaired) electrons. The van der Waals surface area contributed by atoms with E-state index >= 15 is 0 Å². The van der Waals surface area contributed by atoms with Gasteiger partial charge in [0.25, 0.3) is 11.8 Å². The van der Waals surface area contributed by atoms with Crippen LogP contribution in [-0.4, -0.2) is 28.7 Å². The van der Waals surface area contributed by atoms with E-state index in [4.69, 9.17) is 11.6 Å². The topological polar surface area (TPSA) is 53.2 Å². The zero-order valence-electron chi connectivity index (χ0n) is 10.7. The molecular formula is C15H11ClN2O2. The molecule has 0 atom stereocenters. The lowest BCUT2D eigenvalue weighted by Gasteiger charge is -2.06. The van der Waals surface area contributed by atoms with E-state index in [1.54, 1.807) is 42.6 Å². The summed E-state index contributed by atoms with van der Waals surface area (Å²) in [6, 6.07) is 10.4. The average molecular weight is 287 g/mol. The first-order chi connectivity index (χ1) is 9.59. The number of aromatic nitrogens is 1. The molecule has 2 amide bonds. The lowest BCUT2D eigenvalue weighted by atomic mass is 10.00. The summed E-state index contributed by atoms with van der Waals surface area (Å²) < 4.78 is 0. The van der Waals surface area contributed by atoms with Gasteiger partial charge in [-0.1, -0.05) is 23.7 Å². The van der Waals surface area contributed by atoms with Gasteiger partial charge >= 0.3 is 0 Å². The Labute approximate surface area is 120 Å². The highest BCUT2D eigenvalue weighted by Crippen LogP contribution is 2.34. The third-order valence-electron chi connectivity index (χ3n) is 3.29. The number of nitrogens with one attached hydrogen (secondary N) is 1. The van der Waals surface area contributed by atoms with Crippen molar-refractivity contribution in [1.82, 2.24) is 9.88 Å². The molecule has 0 saturated heterocycles. The minimum Gasteiger partial charge on any atom is -0.361 e. The van der Waals surface area contributed by atoms with Crippen LogP contribution >= 0.6 is 11.6 Å². The fraction of sp³-hybridized carbons (Fsp3) is 0.0667. The molecule has 1 aromatic carbocycles. The van der Waals surface area contributed by atoms with E-state index in [2.05, 4.69) is 4.98 Å². The zero-order chi connectivity index (χ0) is 14.3. The highest BCUT2D eigenvalue weighted by molar-refractivity contribution is 6.48. The van der Waals surface area contributed by atoms with Crippen molar-refractivity contribution in [2.24, 2.45) is 0 Å². The van der Waals surface area contributed by atoms with Crippen molar-refractivity contribution >= 4 is 34.6 Å². The van der Waals surface area contributed by atoms with Crippen molar-refractivity contribution < 1.29 is 9.59 Å². The van der Waals surface area contributed by atoms with E-state index < -0.39 is 0 Å². The molecule has 4 nitrogen and oxygen atoms in total. The van der Waals surface area contributed by atoms with Crippen molar-refractivity contribution in [2.45, 2.75) is 0 Å². The molecule has 20 heavy (non-hydrogen) atoms. The predicted molar refractivity (Wildman–Crippen MR) is 76.8 cm³/mol. The zero-order valence-corrected chi connectivity index (χ0v) is 11.4. The Kier molecular flexibility index (Phi) is 2.95. The van der Waals surface area contributed by atoms with Gasteiger partial charge in [-0.15, -0.1) is 0 Å². The average Bonchev–Trinajstić information content (AvgIpc) is 3.03. The Bertz CT molecular complexity index is 715. The van der Waals surface area contributed by atoms with Crippen molar-refractivity contribution in [3.8, 4) is 0 Å². The molecule has 5 heteroatoms. The number of imide groups is 1. The highest BCUT2D eigenvalue weighted by atomic mass is 35.5. The molecule has 3 rings (SSSR count). The van der Waals surface area contributed by atoms with Gasteiger partial charge in [-0.25, -0.2) is 0 Å². The first kappa shape index (κ1) is 12.7. The summed E-state index contributed by atoms with van der Waals surface area (Å²) >= 11 is 5.86. The number of benzene rings is 1. The molecule has 0 bridgehead atoms. The summed E-state index contributed by atoms with van der Waals surface area (Å²) in [5.41, 5.74) is 2.11. The van der Waals surface area contributed by atoms with Gasteiger partial charge in [0.15, 0.2) is 0 Å². The summed E-state index contributed by atoms with van der Waals surface area (Å²) in [5, 5.41) is 0.584. The number of aromatic amines is 1. The van der Waals surface area contributed by atoms with Gasteiger partial charge in [0.2, 0.25) is 0 Å². The predicted octanol–water partition coefficient (Wildman–Crippen LogP) is 2.58. The SMILES string of the molecule is CN1C(=O)C(c2ccc(Cl)cc2)=C(c2ccc[nH]2)C1=O. The lowest BCUT2D eigenvalue weighted by Crippen LogP contribution is -2.26. The first-order valence-electron chi connectivity index (χ1n) is 6.06. The molecule has 100 valence electrons. The number of H-pyrrole nitrogens is 1. The number of nitrogens with zero attached hydrogens (tertiary/aromatic N) is 1. The van der Waals surface area contributed by atoms with Crippen molar-refractivity contribution in [1.29, 1.82) is 0 Å². The molecule has 1 aromatic heterocycles. The molecule has 0 saturated carbocycles. The number of halogens is 1. The van der Waals surface area contributed by atoms with Crippen LogP contribution in [0.15, 0.2) is 42.6 Å². The van der Waals surface area contributed by atoms with Gasteiger partial charge in [-0.2, -0.15) is 0 Å². The van der Waals surface area contributed by atoms with Gasteiger partial charge in [0, 0.05) is 18.3 Å². The van der Waals surface area contributed by atoms with Crippen molar-refractivity contribution in [3.05, 3.63) is 58.9 Å². The van der Waals surface area contributed by atoms with Crippen LogP contribution in [-0.2, 0) is 9.59 Å². The second-order valence-electron chi connectivity index (χ2n) is 4.51. The van der Waals surface area contributed by atoms with Gasteiger partial charge in [-0.3, -0.25) is 14.5 Å². The number of carbonyl (C=O) groups is 2. The van der Waals surface area contributed by atoms with Crippen LogP contribution in [0, 0.1) is 0 Å². The molecule has 1 aliphatic heterocycles. The number of likely N-dealkylation sites (N-methyl/N-ethyl adjacent to an activating group) is 1. The molecule has 2 heterocycles. The van der Waals surface area contributed by atoms with Gasteiger partial charge in [0.1, 0.15) is 0 Å². The monoisotopic (exact) mass is 286 g/mol. The minimum atomic E-state index is -0.304. The van der Waals surface area contributed by atoms with Crippen LogP contribution in [0.25, 0.3) is 11.1 Å². The lowest BCUT2D eigenvalue weighted by molar-refractivity contribution is -0.134. The Morgan fingerprint density at radius 3 is 2.25 bits per heavy atom. The Morgan fingerprint density at radius 2 is 1.65 bits per heavy atom. The largest absolute Gasteiger partial charge is 0.361 e. The number of carbonyl (C=O) groups excluding carboxylic acids is 2. The van der Waals surface area contributed by atoms with E-state index in [0.29, 0.717) is 27.4 Å². The van der Waals surface area contributed by atoms with Crippen LogP contribution in [0.1, 0.15) is 11.3 Å². The molecule has 1 aliphatic rings. The third kappa shape index (κ3) is 1.85. The van der Waals surface area contributed by atoms with E-state index in [0.717, 1.165) is 4.90 Å². The van der Waals surface area contributed by atoms with E-state index in [9.17, 15) is 9.59 Å². The minimum absolute atomic E-state index is 0.303. The Morgan fingerprint density at radius 1 is 1.00 bits per heavy atom. The number of amides is 2. The first-order valence-corrected chi connectivity index (χ1v) is 6.44. The van der Waals surface area contributed by atoms with Crippen molar-refractivity contribution in [2.75, 3.05) is 7.05 Å². The maximum absolute atomic E-state index is 12.3. The van der Waals surface area contributed by atoms with Crippen molar-refractivity contribution in [3.63, 3.8) is 0 Å². The smallest absolute Gasteiger partial charge is 0.263 e. The van der Waals surface area contributed by atoms with Crippen LogP contribution in [0.4, 0.5) is 0 Å². The summed E-state index contributed by atoms with van der Waals surface area (Å²) in [6.45, 7) is 0. The summed E-state index contributed by atoms with van der Waals surface area (Å²) in [6.07, 6.45) is 1.72. The maximum Gasteiger partial charge on any atom is 0.263 e. The second-order valence-corrected chi connectivity index (χ2v) is 4.95. The van der Waals surface area contributed by atoms with E-state index in [1.807, 2.05) is 0 Å². The van der Waals surface area contributed by atoms with Crippen LogP contribution < -0.4 is 0 Å². The molecule has 0 fully saturated rings. The van der Waals surface area contributed by atoms with Crippen LogP contribution in [0.5, 0.6) is 0 Å². The maximum atomic E-state index is 12.3. The Hall–Kier alpha value is -2.33. The Balaban J connectivity index is 2.23. The van der Waals surface area contributed by atoms with Crippen LogP contribution in [0.2, 0.25) is 5.02 Å². The normalized spacial score (nSPS) is 15.4. The fourth-order valence-electron chi connectivity index (χ4n) is 2.26. The van der Waals surface area contributed by atoms with Crippen LogP contribution in [0.3, 0.4) is 0 Å². The molecule has 0 spiro atoms. The quantitative estimate of drug-likeness (QED) is 0.863. The highest BCUT2D eigenvalue weighted by Gasteiger charge is 2.37. The summed E-state index contributed by atoms with van der Waals surface area (Å²) in [4.78, 5) is 28.7. The molecule has 1 N–H and O–H groups in total. The molecule has 0 unspecified atom stereocenters. The van der Waals surface area contributed by atoms with Gasteiger partial charge < -0.3 is 4.98 Å². The fourth-order valence-corrected chi connectivity index (χ4v) is 2.39. The second kappa shape index (κ2) is 4.65.